The first kappa shape index (κ1) is 12.5. The summed E-state index contributed by atoms with van der Waals surface area (Å²) in [5, 5.41) is 7.42. The number of fused-ring (bicyclic) bond motifs is 1. The first-order chi connectivity index (χ1) is 9.78. The molecule has 0 saturated heterocycles. The molecule has 0 amide bonds. The van der Waals surface area contributed by atoms with Crippen LogP contribution in [-0.2, 0) is 0 Å². The number of aromatic nitrogens is 3. The van der Waals surface area contributed by atoms with Crippen molar-refractivity contribution in [1.29, 1.82) is 0 Å². The zero-order valence-electron chi connectivity index (χ0n) is 11.5. The second-order valence-electron chi connectivity index (χ2n) is 4.66. The highest BCUT2D eigenvalue weighted by Gasteiger charge is 2.11. The Kier molecular flexibility index (Phi) is 3.25. The molecule has 0 aliphatic heterocycles. The van der Waals surface area contributed by atoms with Gasteiger partial charge in [-0.05, 0) is 18.6 Å². The van der Waals surface area contributed by atoms with E-state index in [0.29, 0.717) is 5.95 Å². The maximum Gasteiger partial charge on any atom is 0.226 e. The number of H-pyrrole nitrogens is 1. The van der Waals surface area contributed by atoms with Crippen molar-refractivity contribution in [3.63, 3.8) is 0 Å². The summed E-state index contributed by atoms with van der Waals surface area (Å²) in [7, 11) is 1.81. The molecule has 2 aromatic heterocycles. The quantitative estimate of drug-likeness (QED) is 0.679. The fourth-order valence-corrected chi connectivity index (χ4v) is 2.19. The molecule has 0 unspecified atom stereocenters. The van der Waals surface area contributed by atoms with Gasteiger partial charge in [0.05, 0.1) is 5.39 Å². The van der Waals surface area contributed by atoms with Gasteiger partial charge in [0, 0.05) is 19.3 Å². The van der Waals surface area contributed by atoms with Crippen molar-refractivity contribution in [2.45, 2.75) is 13.0 Å². The third-order valence-electron chi connectivity index (χ3n) is 3.29. The molecule has 1 atom stereocenters. The molecule has 5 heteroatoms. The minimum atomic E-state index is 0.175. The van der Waals surface area contributed by atoms with Crippen LogP contribution in [-0.4, -0.2) is 22.0 Å². The van der Waals surface area contributed by atoms with E-state index in [1.807, 2.05) is 37.5 Å². The van der Waals surface area contributed by atoms with E-state index in [4.69, 9.17) is 0 Å². The SMILES string of the molecule is CNc1nc(N[C@@H](C)c2ccccc2)c2cc[nH]c2n1. The molecule has 0 bridgehead atoms. The van der Waals surface area contributed by atoms with Gasteiger partial charge in [-0.15, -0.1) is 0 Å². The summed E-state index contributed by atoms with van der Waals surface area (Å²) in [5.74, 6) is 1.43. The molecule has 102 valence electrons. The van der Waals surface area contributed by atoms with Gasteiger partial charge in [-0.3, -0.25) is 0 Å². The van der Waals surface area contributed by atoms with Crippen LogP contribution in [0.2, 0.25) is 0 Å². The van der Waals surface area contributed by atoms with E-state index < -0.39 is 0 Å². The van der Waals surface area contributed by atoms with Gasteiger partial charge in [0.1, 0.15) is 11.5 Å². The number of aromatic amines is 1. The summed E-state index contributed by atoms with van der Waals surface area (Å²) < 4.78 is 0. The predicted molar refractivity (Wildman–Crippen MR) is 81.9 cm³/mol. The number of nitrogens with one attached hydrogen (secondary N) is 3. The Morgan fingerprint density at radius 2 is 1.90 bits per heavy atom. The van der Waals surface area contributed by atoms with Crippen LogP contribution < -0.4 is 10.6 Å². The van der Waals surface area contributed by atoms with Crippen molar-refractivity contribution in [1.82, 2.24) is 15.0 Å². The average molecular weight is 267 g/mol. The zero-order chi connectivity index (χ0) is 13.9. The normalized spacial score (nSPS) is 12.3. The first-order valence-corrected chi connectivity index (χ1v) is 6.62. The topological polar surface area (TPSA) is 65.6 Å². The van der Waals surface area contributed by atoms with Crippen molar-refractivity contribution < 1.29 is 0 Å². The molecule has 0 radical (unpaired) electrons. The lowest BCUT2D eigenvalue weighted by Gasteiger charge is -2.16. The molecule has 2 heterocycles. The monoisotopic (exact) mass is 267 g/mol. The molecule has 3 N–H and O–H groups in total. The minimum absolute atomic E-state index is 0.175. The van der Waals surface area contributed by atoms with Crippen LogP contribution in [0.5, 0.6) is 0 Å². The first-order valence-electron chi connectivity index (χ1n) is 6.62. The van der Waals surface area contributed by atoms with E-state index in [0.717, 1.165) is 16.9 Å². The highest BCUT2D eigenvalue weighted by Crippen LogP contribution is 2.25. The van der Waals surface area contributed by atoms with Crippen molar-refractivity contribution >= 4 is 22.8 Å². The van der Waals surface area contributed by atoms with E-state index >= 15 is 0 Å². The van der Waals surface area contributed by atoms with Crippen LogP contribution in [0.3, 0.4) is 0 Å². The summed E-state index contributed by atoms with van der Waals surface area (Å²) >= 11 is 0. The van der Waals surface area contributed by atoms with Crippen LogP contribution in [0.1, 0.15) is 18.5 Å². The van der Waals surface area contributed by atoms with E-state index in [1.54, 1.807) is 0 Å². The third kappa shape index (κ3) is 2.30. The minimum Gasteiger partial charge on any atom is -0.363 e. The van der Waals surface area contributed by atoms with E-state index in [9.17, 15) is 0 Å². The van der Waals surface area contributed by atoms with E-state index in [1.165, 1.54) is 5.56 Å². The molecule has 0 aliphatic rings. The van der Waals surface area contributed by atoms with Crippen LogP contribution in [0, 0.1) is 0 Å². The summed E-state index contributed by atoms with van der Waals surface area (Å²) in [6.45, 7) is 2.12. The summed E-state index contributed by atoms with van der Waals surface area (Å²) in [6.07, 6.45) is 1.87. The molecule has 20 heavy (non-hydrogen) atoms. The Labute approximate surface area is 117 Å². The Hall–Kier alpha value is -2.56. The molecular weight excluding hydrogens is 250 g/mol. The molecular formula is C15H17N5. The largest absolute Gasteiger partial charge is 0.363 e. The van der Waals surface area contributed by atoms with Crippen molar-refractivity contribution in [3.05, 3.63) is 48.2 Å². The van der Waals surface area contributed by atoms with Gasteiger partial charge in [-0.1, -0.05) is 30.3 Å². The Morgan fingerprint density at radius 3 is 2.65 bits per heavy atom. The second kappa shape index (κ2) is 5.21. The Bertz CT molecular complexity index is 705. The number of hydrogen-bond donors (Lipinski definition) is 3. The van der Waals surface area contributed by atoms with Gasteiger partial charge in [-0.2, -0.15) is 9.97 Å². The van der Waals surface area contributed by atoms with Gasteiger partial charge >= 0.3 is 0 Å². The summed E-state index contributed by atoms with van der Waals surface area (Å²) in [6, 6.07) is 12.5. The zero-order valence-corrected chi connectivity index (χ0v) is 11.5. The number of benzene rings is 1. The smallest absolute Gasteiger partial charge is 0.226 e. The molecule has 0 spiro atoms. The highest BCUT2D eigenvalue weighted by atomic mass is 15.2. The highest BCUT2D eigenvalue weighted by molar-refractivity contribution is 5.88. The predicted octanol–water partition coefficient (Wildman–Crippen LogP) is 3.17. The maximum atomic E-state index is 4.50. The Morgan fingerprint density at radius 1 is 1.10 bits per heavy atom. The fourth-order valence-electron chi connectivity index (χ4n) is 2.19. The number of hydrogen-bond acceptors (Lipinski definition) is 4. The molecule has 1 aromatic carbocycles. The number of anilines is 2. The lowest BCUT2D eigenvalue weighted by atomic mass is 10.1. The average Bonchev–Trinajstić information content (AvgIpc) is 2.96. The van der Waals surface area contributed by atoms with Crippen molar-refractivity contribution in [2.24, 2.45) is 0 Å². The van der Waals surface area contributed by atoms with Gasteiger partial charge in [0.25, 0.3) is 0 Å². The molecule has 3 rings (SSSR count). The van der Waals surface area contributed by atoms with Gasteiger partial charge in [0.2, 0.25) is 5.95 Å². The number of rotatable bonds is 4. The van der Waals surface area contributed by atoms with Crippen LogP contribution in [0.15, 0.2) is 42.6 Å². The van der Waals surface area contributed by atoms with Crippen molar-refractivity contribution in [2.75, 3.05) is 17.7 Å². The lowest BCUT2D eigenvalue weighted by molar-refractivity contribution is 0.876. The van der Waals surface area contributed by atoms with Gasteiger partial charge < -0.3 is 15.6 Å². The number of nitrogens with zero attached hydrogens (tertiary/aromatic N) is 2. The van der Waals surface area contributed by atoms with E-state index in [2.05, 4.69) is 44.6 Å². The van der Waals surface area contributed by atoms with Crippen LogP contribution in [0.25, 0.3) is 11.0 Å². The molecule has 3 aromatic rings. The van der Waals surface area contributed by atoms with Crippen LogP contribution in [0.4, 0.5) is 11.8 Å². The second-order valence-corrected chi connectivity index (χ2v) is 4.66. The summed E-state index contributed by atoms with van der Waals surface area (Å²) in [5.41, 5.74) is 2.05. The fraction of sp³-hybridized carbons (Fsp3) is 0.200. The standard InChI is InChI=1S/C15H17N5/c1-10(11-6-4-3-5-7-11)18-14-12-8-9-17-13(12)19-15(16-2)20-14/h3-10H,1-2H3,(H3,16,17,18,19,20)/t10-/m0/s1. The molecule has 0 saturated carbocycles. The van der Waals surface area contributed by atoms with Gasteiger partial charge in [0.15, 0.2) is 0 Å². The Balaban J connectivity index is 1.95. The molecule has 0 fully saturated rings. The molecule has 5 nitrogen and oxygen atoms in total. The summed E-state index contributed by atoms with van der Waals surface area (Å²) in [4.78, 5) is 12.0. The maximum absolute atomic E-state index is 4.50. The lowest BCUT2D eigenvalue weighted by Crippen LogP contribution is -2.09. The molecule has 0 aliphatic carbocycles. The van der Waals surface area contributed by atoms with Crippen LogP contribution >= 0.6 is 0 Å². The third-order valence-corrected chi connectivity index (χ3v) is 3.29. The van der Waals surface area contributed by atoms with Gasteiger partial charge in [-0.25, -0.2) is 0 Å². The van der Waals surface area contributed by atoms with E-state index in [-0.39, 0.29) is 6.04 Å². The van der Waals surface area contributed by atoms with Crippen molar-refractivity contribution in [3.8, 4) is 0 Å².